The molecule has 1 aromatic carbocycles. The first kappa shape index (κ1) is 12.9. The van der Waals surface area contributed by atoms with Crippen LogP contribution in [-0.4, -0.2) is 18.5 Å². The van der Waals surface area contributed by atoms with E-state index < -0.39 is 0 Å². The zero-order chi connectivity index (χ0) is 12.0. The molecule has 0 radical (unpaired) electrons. The number of nitrogens with two attached hydrogens (primary N) is 2. The van der Waals surface area contributed by atoms with Gasteiger partial charge in [0.1, 0.15) is 0 Å². The third-order valence-electron chi connectivity index (χ3n) is 2.42. The van der Waals surface area contributed by atoms with Crippen molar-refractivity contribution in [3.8, 4) is 0 Å². The fourth-order valence-electron chi connectivity index (χ4n) is 1.51. The molecular formula is C12H18ClN3. The van der Waals surface area contributed by atoms with E-state index in [-0.39, 0.29) is 0 Å². The number of hydrogen-bond donors (Lipinski definition) is 2. The van der Waals surface area contributed by atoms with Crippen molar-refractivity contribution in [1.82, 2.24) is 4.90 Å². The molecule has 0 aliphatic rings. The van der Waals surface area contributed by atoms with Crippen molar-refractivity contribution >= 4 is 11.6 Å². The molecule has 0 saturated heterocycles. The number of benzene rings is 1. The van der Waals surface area contributed by atoms with Crippen molar-refractivity contribution in [2.75, 3.05) is 13.6 Å². The zero-order valence-electron chi connectivity index (χ0n) is 9.49. The van der Waals surface area contributed by atoms with Crippen LogP contribution in [0.25, 0.3) is 0 Å². The van der Waals surface area contributed by atoms with Crippen LogP contribution in [0.2, 0.25) is 5.02 Å². The molecule has 88 valence electrons. The SMILES string of the molecule is CN(Cc1ccc(Cl)cc1)/C(=C\N)CCN. The highest BCUT2D eigenvalue weighted by molar-refractivity contribution is 6.30. The molecule has 0 bridgehead atoms. The number of hydrogen-bond acceptors (Lipinski definition) is 3. The summed E-state index contributed by atoms with van der Waals surface area (Å²) >= 11 is 5.83. The number of nitrogens with zero attached hydrogens (tertiary/aromatic N) is 1. The van der Waals surface area contributed by atoms with E-state index in [9.17, 15) is 0 Å². The summed E-state index contributed by atoms with van der Waals surface area (Å²) in [7, 11) is 2.00. The Hall–Kier alpha value is -1.19. The summed E-state index contributed by atoms with van der Waals surface area (Å²) in [4.78, 5) is 2.09. The Morgan fingerprint density at radius 2 is 2.00 bits per heavy atom. The normalized spacial score (nSPS) is 11.6. The van der Waals surface area contributed by atoms with Crippen LogP contribution in [0, 0.1) is 0 Å². The van der Waals surface area contributed by atoms with E-state index in [4.69, 9.17) is 23.1 Å². The summed E-state index contributed by atoms with van der Waals surface area (Å²) in [6.45, 7) is 1.41. The molecule has 0 aliphatic heterocycles. The summed E-state index contributed by atoms with van der Waals surface area (Å²) in [6.07, 6.45) is 2.41. The Bertz CT molecular complexity index is 346. The molecule has 0 fully saturated rings. The highest BCUT2D eigenvalue weighted by Crippen LogP contribution is 2.13. The summed E-state index contributed by atoms with van der Waals surface area (Å²) in [5, 5.41) is 0.753. The van der Waals surface area contributed by atoms with Crippen LogP contribution in [0.1, 0.15) is 12.0 Å². The molecule has 1 aromatic rings. The van der Waals surface area contributed by atoms with E-state index in [1.54, 1.807) is 6.20 Å². The van der Waals surface area contributed by atoms with E-state index in [2.05, 4.69) is 4.90 Å². The second-order valence-electron chi connectivity index (χ2n) is 3.68. The van der Waals surface area contributed by atoms with Gasteiger partial charge in [0.2, 0.25) is 0 Å². The maximum atomic E-state index is 5.83. The van der Waals surface area contributed by atoms with Crippen LogP contribution in [0.15, 0.2) is 36.2 Å². The van der Waals surface area contributed by atoms with Gasteiger partial charge in [-0.25, -0.2) is 0 Å². The number of rotatable bonds is 5. The van der Waals surface area contributed by atoms with Crippen molar-refractivity contribution in [2.45, 2.75) is 13.0 Å². The van der Waals surface area contributed by atoms with Gasteiger partial charge in [0.25, 0.3) is 0 Å². The van der Waals surface area contributed by atoms with Crippen molar-refractivity contribution in [2.24, 2.45) is 11.5 Å². The van der Waals surface area contributed by atoms with Gasteiger partial charge in [-0.2, -0.15) is 0 Å². The maximum absolute atomic E-state index is 5.83. The number of halogens is 1. The van der Waals surface area contributed by atoms with Crippen LogP contribution in [0.5, 0.6) is 0 Å². The Balaban J connectivity index is 2.62. The van der Waals surface area contributed by atoms with Gasteiger partial charge in [0.05, 0.1) is 0 Å². The van der Waals surface area contributed by atoms with Crippen LogP contribution in [0.4, 0.5) is 0 Å². The van der Waals surface area contributed by atoms with Gasteiger partial charge in [-0.15, -0.1) is 0 Å². The Labute approximate surface area is 102 Å². The first-order valence-corrected chi connectivity index (χ1v) is 5.61. The standard InChI is InChI=1S/C12H18ClN3/c1-16(12(8-15)6-7-14)9-10-2-4-11(13)5-3-10/h2-5,8H,6-7,9,14-15H2,1H3/b12-8-. The van der Waals surface area contributed by atoms with Gasteiger partial charge >= 0.3 is 0 Å². The molecule has 16 heavy (non-hydrogen) atoms. The molecule has 0 spiro atoms. The lowest BCUT2D eigenvalue weighted by atomic mass is 10.2. The molecule has 0 saturated carbocycles. The average Bonchev–Trinajstić information content (AvgIpc) is 2.29. The summed E-state index contributed by atoms with van der Waals surface area (Å²) in [6, 6.07) is 7.80. The molecule has 0 unspecified atom stereocenters. The maximum Gasteiger partial charge on any atom is 0.0423 e. The van der Waals surface area contributed by atoms with Gasteiger partial charge < -0.3 is 16.4 Å². The van der Waals surface area contributed by atoms with Gasteiger partial charge in [0, 0.05) is 36.9 Å². The van der Waals surface area contributed by atoms with Crippen molar-refractivity contribution in [3.63, 3.8) is 0 Å². The quantitative estimate of drug-likeness (QED) is 0.826. The minimum atomic E-state index is 0.605. The average molecular weight is 240 g/mol. The smallest absolute Gasteiger partial charge is 0.0423 e. The van der Waals surface area contributed by atoms with Crippen molar-refractivity contribution in [1.29, 1.82) is 0 Å². The topological polar surface area (TPSA) is 55.3 Å². The highest BCUT2D eigenvalue weighted by Gasteiger charge is 2.04. The fraction of sp³-hybridized carbons (Fsp3) is 0.333. The molecule has 0 aromatic heterocycles. The third-order valence-corrected chi connectivity index (χ3v) is 2.67. The molecule has 0 atom stereocenters. The van der Waals surface area contributed by atoms with E-state index in [0.717, 1.165) is 23.7 Å². The van der Waals surface area contributed by atoms with Crippen LogP contribution >= 0.6 is 11.6 Å². The van der Waals surface area contributed by atoms with Crippen LogP contribution in [0.3, 0.4) is 0 Å². The van der Waals surface area contributed by atoms with Crippen molar-refractivity contribution < 1.29 is 0 Å². The van der Waals surface area contributed by atoms with Gasteiger partial charge in [0.15, 0.2) is 0 Å². The minimum Gasteiger partial charge on any atom is -0.403 e. The lowest BCUT2D eigenvalue weighted by Gasteiger charge is -2.22. The molecule has 0 aliphatic carbocycles. The molecule has 1 rings (SSSR count). The Morgan fingerprint density at radius 3 is 2.50 bits per heavy atom. The van der Waals surface area contributed by atoms with Crippen molar-refractivity contribution in [3.05, 3.63) is 46.7 Å². The first-order chi connectivity index (χ1) is 7.67. The van der Waals surface area contributed by atoms with Crippen LogP contribution < -0.4 is 11.5 Å². The molecule has 4 heteroatoms. The van der Waals surface area contributed by atoms with Gasteiger partial charge in [-0.3, -0.25) is 0 Å². The molecule has 4 N–H and O–H groups in total. The molecular weight excluding hydrogens is 222 g/mol. The lowest BCUT2D eigenvalue weighted by molar-refractivity contribution is 0.395. The first-order valence-electron chi connectivity index (χ1n) is 5.23. The highest BCUT2D eigenvalue weighted by atomic mass is 35.5. The zero-order valence-corrected chi connectivity index (χ0v) is 10.2. The van der Waals surface area contributed by atoms with Gasteiger partial charge in [-0.1, -0.05) is 23.7 Å². The van der Waals surface area contributed by atoms with Crippen LogP contribution in [-0.2, 0) is 6.54 Å². The van der Waals surface area contributed by atoms with E-state index in [0.29, 0.717) is 6.54 Å². The predicted octanol–water partition coefficient (Wildman–Crippen LogP) is 1.92. The molecule has 0 heterocycles. The monoisotopic (exact) mass is 239 g/mol. The predicted molar refractivity (Wildman–Crippen MR) is 68.9 cm³/mol. The summed E-state index contributed by atoms with van der Waals surface area (Å²) in [5.74, 6) is 0. The van der Waals surface area contributed by atoms with E-state index >= 15 is 0 Å². The van der Waals surface area contributed by atoms with E-state index in [1.165, 1.54) is 5.56 Å². The molecule has 0 amide bonds. The largest absolute Gasteiger partial charge is 0.403 e. The van der Waals surface area contributed by atoms with E-state index in [1.807, 2.05) is 31.3 Å². The Morgan fingerprint density at radius 1 is 1.38 bits per heavy atom. The summed E-state index contributed by atoms with van der Waals surface area (Å²) < 4.78 is 0. The second-order valence-corrected chi connectivity index (χ2v) is 4.12. The fourth-order valence-corrected chi connectivity index (χ4v) is 1.64. The summed E-state index contributed by atoms with van der Waals surface area (Å²) in [5.41, 5.74) is 13.3. The minimum absolute atomic E-state index is 0.605. The van der Waals surface area contributed by atoms with Gasteiger partial charge in [-0.05, 0) is 24.2 Å². The lowest BCUT2D eigenvalue weighted by Crippen LogP contribution is -2.20. The third kappa shape index (κ3) is 3.76. The second kappa shape index (κ2) is 6.40. The molecule has 3 nitrogen and oxygen atoms in total. The Kier molecular flexibility index (Phi) is 5.15.